The van der Waals surface area contributed by atoms with Crippen LogP contribution in [0.2, 0.25) is 0 Å². The molecule has 0 aliphatic heterocycles. The fraction of sp³-hybridized carbons (Fsp3) is 0.182. The number of benzene rings is 1. The van der Waals surface area contributed by atoms with Gasteiger partial charge in [0.15, 0.2) is 0 Å². The van der Waals surface area contributed by atoms with Gasteiger partial charge in [-0.3, -0.25) is 0 Å². The van der Waals surface area contributed by atoms with Gasteiger partial charge in [-0.1, -0.05) is 28.5 Å². The van der Waals surface area contributed by atoms with Crippen LogP contribution in [0, 0.1) is 0 Å². The monoisotopic (exact) mass is 381 g/mol. The van der Waals surface area contributed by atoms with Crippen LogP contribution in [0.5, 0.6) is 0 Å². The fourth-order valence-electron chi connectivity index (χ4n) is 1.26. The molecular weight excluding hydrogens is 369 g/mol. The molecular formula is C11H12INS3. The largest absolute Gasteiger partial charge is 1.00 e. The molecule has 1 aromatic heterocycles. The van der Waals surface area contributed by atoms with Crippen molar-refractivity contribution in [3.63, 3.8) is 0 Å². The predicted molar refractivity (Wildman–Crippen MR) is 71.3 cm³/mol. The topological polar surface area (TPSA) is 3.01 Å². The van der Waals surface area contributed by atoms with Crippen molar-refractivity contribution in [3.8, 4) is 0 Å². The second kappa shape index (κ2) is 6.78. The zero-order chi connectivity index (χ0) is 10.7. The van der Waals surface area contributed by atoms with Gasteiger partial charge >= 0.3 is 0 Å². The van der Waals surface area contributed by atoms with E-state index < -0.39 is 0 Å². The standard InChI is InChI=1S/C11H12NS3.HI/c1-12(9-6-4-3-5-7-9)10-8-11(13-2)15-14-10;/h3-8H,1-2H3;1H/q+1;/p-1. The number of rotatable bonds is 2. The molecule has 16 heavy (non-hydrogen) atoms. The number of hydrogen-bond acceptors (Lipinski definition) is 3. The van der Waals surface area contributed by atoms with Crippen molar-refractivity contribution in [3.05, 3.63) is 41.1 Å². The number of hydrogen-bond donors (Lipinski definition) is 0. The lowest BCUT2D eigenvalue weighted by molar-refractivity contribution is -0.00000290. The highest BCUT2D eigenvalue weighted by Gasteiger charge is 2.06. The Hall–Kier alpha value is 0.150. The van der Waals surface area contributed by atoms with Crippen molar-refractivity contribution in [2.45, 2.75) is 4.21 Å². The lowest BCUT2D eigenvalue weighted by Crippen LogP contribution is -3.00. The van der Waals surface area contributed by atoms with Crippen LogP contribution in [0.3, 0.4) is 0 Å². The summed E-state index contributed by atoms with van der Waals surface area (Å²) < 4.78 is 4.90. The highest BCUT2D eigenvalue weighted by Crippen LogP contribution is 2.21. The Labute approximate surface area is 124 Å². The van der Waals surface area contributed by atoms with Crippen LogP contribution in [-0.4, -0.2) is 13.3 Å². The van der Waals surface area contributed by atoms with Gasteiger partial charge in [0.05, 0.1) is 4.21 Å². The van der Waals surface area contributed by atoms with Crippen LogP contribution in [0.1, 0.15) is 0 Å². The van der Waals surface area contributed by atoms with Crippen molar-refractivity contribution in [2.24, 2.45) is 0 Å². The second-order valence-electron chi connectivity index (χ2n) is 3.07. The van der Waals surface area contributed by atoms with E-state index in [4.69, 9.17) is 0 Å². The smallest absolute Gasteiger partial charge is 0.273 e. The van der Waals surface area contributed by atoms with Gasteiger partial charge in [-0.2, -0.15) is 4.58 Å². The van der Waals surface area contributed by atoms with E-state index in [1.54, 1.807) is 11.8 Å². The molecule has 1 nitrogen and oxygen atoms in total. The van der Waals surface area contributed by atoms with E-state index in [1.165, 1.54) is 14.6 Å². The summed E-state index contributed by atoms with van der Waals surface area (Å²) in [7, 11) is 5.77. The molecule has 1 aromatic carbocycles. The van der Waals surface area contributed by atoms with E-state index in [-0.39, 0.29) is 24.0 Å². The minimum absolute atomic E-state index is 0. The molecule has 0 aliphatic rings. The van der Waals surface area contributed by atoms with E-state index in [9.17, 15) is 0 Å². The van der Waals surface area contributed by atoms with E-state index in [0.717, 1.165) is 0 Å². The third kappa shape index (κ3) is 3.32. The molecule has 0 unspecified atom stereocenters. The zero-order valence-corrected chi connectivity index (χ0v) is 13.6. The summed E-state index contributed by atoms with van der Waals surface area (Å²) in [5.74, 6) is 0. The Morgan fingerprint density at radius 2 is 1.81 bits per heavy atom. The summed E-state index contributed by atoms with van der Waals surface area (Å²) in [6, 6.07) is 12.7. The van der Waals surface area contributed by atoms with Crippen molar-refractivity contribution >= 4 is 38.1 Å². The van der Waals surface area contributed by atoms with Crippen LogP contribution in [0.4, 0.5) is 5.69 Å². The number of thioether (sulfide) groups is 1. The van der Waals surface area contributed by atoms with Gasteiger partial charge in [0, 0.05) is 18.2 Å². The summed E-state index contributed by atoms with van der Waals surface area (Å²) in [6.07, 6.45) is 2.12. The number of nitrogens with zero attached hydrogens (tertiary/aromatic N) is 1. The maximum atomic E-state index is 2.24. The van der Waals surface area contributed by atoms with Crippen molar-refractivity contribution in [2.75, 3.05) is 13.3 Å². The molecule has 0 N–H and O–H groups in total. The quantitative estimate of drug-likeness (QED) is 0.312. The summed E-state index contributed by atoms with van der Waals surface area (Å²) in [5.41, 5.74) is 1.24. The Kier molecular flexibility index (Phi) is 6.02. The Morgan fingerprint density at radius 1 is 1.12 bits per heavy atom. The third-order valence-corrected chi connectivity index (χ3v) is 5.94. The predicted octanol–water partition coefficient (Wildman–Crippen LogP) is 0.269. The van der Waals surface area contributed by atoms with Gasteiger partial charge in [0.2, 0.25) is 5.69 Å². The molecule has 5 heteroatoms. The lowest BCUT2D eigenvalue weighted by Gasteiger charge is -1.92. The Bertz CT molecular complexity index is 501. The van der Waals surface area contributed by atoms with Crippen LogP contribution in [-0.2, 0) is 0 Å². The number of para-hydroxylation sites is 1. The maximum absolute atomic E-state index is 2.24. The average molecular weight is 381 g/mol. The first-order chi connectivity index (χ1) is 7.31. The molecule has 0 amide bonds. The van der Waals surface area contributed by atoms with Gasteiger partial charge in [-0.05, 0) is 16.6 Å². The molecule has 86 valence electrons. The molecule has 0 fully saturated rings. The van der Waals surface area contributed by atoms with E-state index >= 15 is 0 Å². The van der Waals surface area contributed by atoms with Gasteiger partial charge in [-0.15, -0.1) is 11.8 Å². The zero-order valence-electron chi connectivity index (χ0n) is 9.01. The molecule has 0 radical (unpaired) electrons. The summed E-state index contributed by atoms with van der Waals surface area (Å²) in [5, 5.41) is 0. The van der Waals surface area contributed by atoms with E-state index in [2.05, 4.69) is 48.2 Å². The SMILES string of the molecule is CSc1cc(=[N+](C)c2ccccc2)ss1.[I-]. The van der Waals surface area contributed by atoms with Crippen LogP contribution >= 0.6 is 32.4 Å². The highest BCUT2D eigenvalue weighted by atomic mass is 127. The molecule has 2 rings (SSSR count). The van der Waals surface area contributed by atoms with Gasteiger partial charge in [0.25, 0.3) is 4.67 Å². The average Bonchev–Trinajstić information content (AvgIpc) is 2.78. The number of halogens is 1. The van der Waals surface area contributed by atoms with Crippen LogP contribution in [0.25, 0.3) is 0 Å². The molecule has 1 heterocycles. The molecule has 0 saturated heterocycles. The first-order valence-electron chi connectivity index (χ1n) is 4.57. The Morgan fingerprint density at radius 3 is 2.38 bits per heavy atom. The van der Waals surface area contributed by atoms with E-state index in [0.29, 0.717) is 0 Å². The first kappa shape index (κ1) is 14.2. The normalized spacial score (nSPS) is 11.9. The molecule has 2 aromatic rings. The summed E-state index contributed by atoms with van der Waals surface area (Å²) >= 11 is 1.80. The summed E-state index contributed by atoms with van der Waals surface area (Å²) in [4.78, 5) is 0. The van der Waals surface area contributed by atoms with E-state index in [1.807, 2.05) is 26.7 Å². The Balaban J connectivity index is 0.00000128. The molecule has 0 atom stereocenters. The molecule has 0 bridgehead atoms. The van der Waals surface area contributed by atoms with Gasteiger partial charge in [0.1, 0.15) is 7.05 Å². The minimum atomic E-state index is 0. The van der Waals surface area contributed by atoms with Gasteiger partial charge < -0.3 is 24.0 Å². The third-order valence-electron chi connectivity index (χ3n) is 2.13. The second-order valence-corrected chi connectivity index (χ2v) is 6.36. The fourth-order valence-corrected chi connectivity index (χ4v) is 4.66. The van der Waals surface area contributed by atoms with Crippen molar-refractivity contribution in [1.82, 2.24) is 4.58 Å². The maximum Gasteiger partial charge on any atom is 0.273 e. The summed E-state index contributed by atoms with van der Waals surface area (Å²) in [6.45, 7) is 0. The highest BCUT2D eigenvalue weighted by molar-refractivity contribution is 8.02. The van der Waals surface area contributed by atoms with Gasteiger partial charge in [-0.25, -0.2) is 0 Å². The van der Waals surface area contributed by atoms with Crippen LogP contribution in [0.15, 0.2) is 40.6 Å². The lowest BCUT2D eigenvalue weighted by atomic mass is 10.3. The molecule has 0 saturated carbocycles. The molecule has 0 aliphatic carbocycles. The van der Waals surface area contributed by atoms with Crippen molar-refractivity contribution < 1.29 is 24.0 Å². The van der Waals surface area contributed by atoms with Crippen LogP contribution < -0.4 is 33.2 Å². The first-order valence-corrected chi connectivity index (χ1v) is 7.94. The van der Waals surface area contributed by atoms with Crippen molar-refractivity contribution in [1.29, 1.82) is 0 Å². The minimum Gasteiger partial charge on any atom is -1.00 e. The molecule has 0 spiro atoms.